The molecule has 0 aliphatic heterocycles. The number of carbonyl (C=O) groups excluding carboxylic acids is 1. The minimum atomic E-state index is -0.168. The summed E-state index contributed by atoms with van der Waals surface area (Å²) in [6.45, 7) is 4.68. The quantitative estimate of drug-likeness (QED) is 0.736. The Kier molecular flexibility index (Phi) is 4.22. The number of aromatic nitrogens is 2. The zero-order valence-electron chi connectivity index (χ0n) is 9.93. The second-order valence-corrected chi connectivity index (χ2v) is 3.74. The van der Waals surface area contributed by atoms with Crippen molar-refractivity contribution in [1.82, 2.24) is 9.78 Å². The van der Waals surface area contributed by atoms with Crippen LogP contribution in [0.25, 0.3) is 0 Å². The Hall–Kier alpha value is -1.65. The Bertz CT molecular complexity index is 425. The minimum absolute atomic E-state index is 0.0588. The maximum absolute atomic E-state index is 11.6. The number of ketones is 1. The van der Waals surface area contributed by atoms with Gasteiger partial charge in [-0.05, 0) is 13.8 Å². The molecule has 0 aromatic carbocycles. The Morgan fingerprint density at radius 3 is 2.75 bits per heavy atom. The molecule has 1 rings (SSSR count). The molecule has 0 spiro atoms. The summed E-state index contributed by atoms with van der Waals surface area (Å²) in [5.41, 5.74) is 0.630. The lowest BCUT2D eigenvalue weighted by atomic mass is 10.3. The second-order valence-electron chi connectivity index (χ2n) is 3.74. The van der Waals surface area contributed by atoms with Crippen LogP contribution < -0.4 is 10.5 Å². The molecule has 0 aliphatic rings. The first kappa shape index (κ1) is 12.4. The van der Waals surface area contributed by atoms with Gasteiger partial charge in [0.2, 0.25) is 0 Å². The number of Topliss-reactive ketones (excluding diaryl/α,β-unsaturated/α-hetero) is 1. The molecule has 88 valence electrons. The van der Waals surface area contributed by atoms with Crippen molar-refractivity contribution in [3.05, 3.63) is 22.6 Å². The number of anilines is 1. The van der Waals surface area contributed by atoms with Crippen molar-refractivity contribution in [3.63, 3.8) is 0 Å². The van der Waals surface area contributed by atoms with Crippen molar-refractivity contribution in [3.8, 4) is 0 Å². The van der Waals surface area contributed by atoms with Gasteiger partial charge < -0.3 is 4.90 Å². The third kappa shape index (κ3) is 3.18. The molecule has 5 heteroatoms. The van der Waals surface area contributed by atoms with E-state index in [1.807, 2.05) is 18.9 Å². The summed E-state index contributed by atoms with van der Waals surface area (Å²) in [5, 5.41) is 4.03. The third-order valence-electron chi connectivity index (χ3n) is 2.45. The summed E-state index contributed by atoms with van der Waals surface area (Å²) in [7, 11) is 1.90. The van der Waals surface area contributed by atoms with Gasteiger partial charge >= 0.3 is 0 Å². The number of carbonyl (C=O) groups is 1. The second kappa shape index (κ2) is 5.44. The lowest BCUT2D eigenvalue weighted by Crippen LogP contribution is -2.26. The van der Waals surface area contributed by atoms with Gasteiger partial charge in [0.25, 0.3) is 5.56 Å². The Balaban J connectivity index is 2.83. The van der Waals surface area contributed by atoms with Crippen molar-refractivity contribution in [2.45, 2.75) is 26.8 Å². The number of nitrogens with zero attached hydrogens (tertiary/aromatic N) is 3. The highest BCUT2D eigenvalue weighted by Crippen LogP contribution is 2.05. The van der Waals surface area contributed by atoms with E-state index in [-0.39, 0.29) is 11.3 Å². The standard InChI is InChI=1S/C11H17N3O2/c1-4-13(3)10-7-11(16)14(12-8-10)6-5-9(2)15/h7-8H,4-6H2,1-3H3. The van der Waals surface area contributed by atoms with Gasteiger partial charge in [0.05, 0.1) is 18.4 Å². The molecule has 0 radical (unpaired) electrons. The molecule has 0 unspecified atom stereocenters. The van der Waals surface area contributed by atoms with E-state index in [1.165, 1.54) is 17.7 Å². The van der Waals surface area contributed by atoms with Crippen LogP contribution >= 0.6 is 0 Å². The SMILES string of the molecule is CCN(C)c1cnn(CCC(C)=O)c(=O)c1. The summed E-state index contributed by atoms with van der Waals surface area (Å²) in [6, 6.07) is 1.54. The smallest absolute Gasteiger partial charge is 0.268 e. The first-order valence-electron chi connectivity index (χ1n) is 5.32. The third-order valence-corrected chi connectivity index (χ3v) is 2.45. The molecular formula is C11H17N3O2. The summed E-state index contributed by atoms with van der Waals surface area (Å²) in [6.07, 6.45) is 1.99. The highest BCUT2D eigenvalue weighted by atomic mass is 16.1. The summed E-state index contributed by atoms with van der Waals surface area (Å²) in [5.74, 6) is 0.0588. The normalized spacial score (nSPS) is 10.2. The van der Waals surface area contributed by atoms with E-state index < -0.39 is 0 Å². The van der Waals surface area contributed by atoms with Crippen LogP contribution in [0.15, 0.2) is 17.1 Å². The van der Waals surface area contributed by atoms with Gasteiger partial charge in [-0.25, -0.2) is 4.68 Å². The first-order chi connectivity index (χ1) is 7.54. The van der Waals surface area contributed by atoms with Crippen molar-refractivity contribution >= 4 is 11.5 Å². The highest BCUT2D eigenvalue weighted by Gasteiger charge is 2.03. The predicted molar refractivity (Wildman–Crippen MR) is 62.7 cm³/mol. The largest absolute Gasteiger partial charge is 0.373 e. The van der Waals surface area contributed by atoms with E-state index in [2.05, 4.69) is 5.10 Å². The van der Waals surface area contributed by atoms with Crippen LogP contribution in [0.1, 0.15) is 20.3 Å². The number of rotatable bonds is 5. The number of aryl methyl sites for hydroxylation is 1. The van der Waals surface area contributed by atoms with Crippen LogP contribution in [0.2, 0.25) is 0 Å². The maximum atomic E-state index is 11.6. The van der Waals surface area contributed by atoms with Crippen LogP contribution in [0, 0.1) is 0 Å². The molecule has 0 saturated carbocycles. The van der Waals surface area contributed by atoms with Crippen molar-refractivity contribution in [1.29, 1.82) is 0 Å². The molecule has 1 aromatic rings. The van der Waals surface area contributed by atoms with E-state index in [4.69, 9.17) is 0 Å². The van der Waals surface area contributed by atoms with Gasteiger partial charge in [-0.2, -0.15) is 5.10 Å². The van der Waals surface area contributed by atoms with E-state index in [0.717, 1.165) is 12.2 Å². The van der Waals surface area contributed by atoms with Gasteiger partial charge in [0.15, 0.2) is 0 Å². The van der Waals surface area contributed by atoms with Gasteiger partial charge in [0, 0.05) is 26.1 Å². The highest BCUT2D eigenvalue weighted by molar-refractivity contribution is 5.75. The van der Waals surface area contributed by atoms with E-state index in [0.29, 0.717) is 13.0 Å². The number of hydrogen-bond acceptors (Lipinski definition) is 4. The van der Waals surface area contributed by atoms with Crippen molar-refractivity contribution in [2.75, 3.05) is 18.5 Å². The fraction of sp³-hybridized carbons (Fsp3) is 0.545. The van der Waals surface area contributed by atoms with Crippen molar-refractivity contribution in [2.24, 2.45) is 0 Å². The van der Waals surface area contributed by atoms with Gasteiger partial charge in [-0.15, -0.1) is 0 Å². The van der Waals surface area contributed by atoms with Crippen LogP contribution in [0.4, 0.5) is 5.69 Å². The molecule has 0 amide bonds. The molecule has 1 aromatic heterocycles. The molecule has 16 heavy (non-hydrogen) atoms. The van der Waals surface area contributed by atoms with Crippen molar-refractivity contribution < 1.29 is 4.79 Å². The zero-order valence-corrected chi connectivity index (χ0v) is 9.93. The average molecular weight is 223 g/mol. The van der Waals surface area contributed by atoms with Crippen LogP contribution in [0.5, 0.6) is 0 Å². The van der Waals surface area contributed by atoms with Crippen LogP contribution in [0.3, 0.4) is 0 Å². The lowest BCUT2D eigenvalue weighted by molar-refractivity contribution is -0.117. The first-order valence-corrected chi connectivity index (χ1v) is 5.32. The molecule has 0 bridgehead atoms. The Morgan fingerprint density at radius 2 is 2.25 bits per heavy atom. The zero-order chi connectivity index (χ0) is 12.1. The molecule has 0 atom stereocenters. The monoisotopic (exact) mass is 223 g/mol. The molecule has 5 nitrogen and oxygen atoms in total. The molecule has 0 N–H and O–H groups in total. The van der Waals surface area contributed by atoms with E-state index in [9.17, 15) is 9.59 Å². The minimum Gasteiger partial charge on any atom is -0.373 e. The van der Waals surface area contributed by atoms with Crippen LogP contribution in [-0.2, 0) is 11.3 Å². The molecular weight excluding hydrogens is 206 g/mol. The Labute approximate surface area is 94.7 Å². The summed E-state index contributed by atoms with van der Waals surface area (Å²) >= 11 is 0. The molecule has 0 fully saturated rings. The average Bonchev–Trinajstić information content (AvgIpc) is 2.26. The van der Waals surface area contributed by atoms with Gasteiger partial charge in [-0.1, -0.05) is 0 Å². The molecule has 0 saturated heterocycles. The molecule has 1 heterocycles. The fourth-order valence-electron chi connectivity index (χ4n) is 1.25. The maximum Gasteiger partial charge on any atom is 0.268 e. The predicted octanol–water partition coefficient (Wildman–Crippen LogP) is 0.678. The Morgan fingerprint density at radius 1 is 1.56 bits per heavy atom. The summed E-state index contributed by atoms with van der Waals surface area (Å²) in [4.78, 5) is 24.4. The lowest BCUT2D eigenvalue weighted by Gasteiger charge is -2.16. The van der Waals surface area contributed by atoms with Gasteiger partial charge in [-0.3, -0.25) is 9.59 Å². The fourth-order valence-corrected chi connectivity index (χ4v) is 1.25. The van der Waals surface area contributed by atoms with E-state index >= 15 is 0 Å². The van der Waals surface area contributed by atoms with Gasteiger partial charge in [0.1, 0.15) is 5.78 Å². The summed E-state index contributed by atoms with van der Waals surface area (Å²) < 4.78 is 1.31. The van der Waals surface area contributed by atoms with Crippen LogP contribution in [-0.4, -0.2) is 29.2 Å². The topological polar surface area (TPSA) is 55.2 Å². The molecule has 0 aliphatic carbocycles. The van der Waals surface area contributed by atoms with E-state index in [1.54, 1.807) is 6.20 Å². The number of hydrogen-bond donors (Lipinski definition) is 0.